The zero-order valence-electron chi connectivity index (χ0n) is 19.7. The Kier molecular flexibility index (Phi) is 7.11. The first-order valence-corrected chi connectivity index (χ1v) is 10.7. The Hall–Kier alpha value is -1.53. The number of hydrogen-bond acceptors (Lipinski definition) is 4. The van der Waals surface area contributed by atoms with Crippen LogP contribution in [0, 0.1) is 0 Å². The molecular weight excluding hydrogens is 365 g/mol. The van der Waals surface area contributed by atoms with E-state index < -0.39 is 5.60 Å². The largest absolute Gasteiger partial charge is 0.494 e. The molecule has 1 atom stereocenters. The van der Waals surface area contributed by atoms with Gasteiger partial charge in [-0.15, -0.1) is 0 Å². The van der Waals surface area contributed by atoms with E-state index in [-0.39, 0.29) is 30.5 Å². The average Bonchev–Trinajstić information content (AvgIpc) is 2.81. The fraction of sp³-hybridized carbons (Fsp3) is 0.696. The lowest BCUT2D eigenvalue weighted by molar-refractivity contribution is 0.00578. The van der Waals surface area contributed by atoms with E-state index >= 15 is 0 Å². The van der Waals surface area contributed by atoms with E-state index in [0.29, 0.717) is 6.54 Å². The van der Waals surface area contributed by atoms with E-state index in [9.17, 15) is 4.79 Å². The standard InChI is InChI=1S/C23H38BNO4/c1-10-11-16-25(20(26)27-21(3,4)5)17(2)18-12-14-19(15-13-18)24-28-22(6,7)23(8,9)29-24/h12-15,17H,10-11,16H2,1-9H3/t17-/m0/s1. The number of carbonyl (C=O) groups is 1. The summed E-state index contributed by atoms with van der Waals surface area (Å²) in [4.78, 5) is 14.6. The number of nitrogens with zero attached hydrogens (tertiary/aromatic N) is 1. The van der Waals surface area contributed by atoms with Crippen LogP contribution in [0.25, 0.3) is 0 Å². The van der Waals surface area contributed by atoms with Crippen LogP contribution in [0.1, 0.15) is 86.8 Å². The van der Waals surface area contributed by atoms with Gasteiger partial charge in [-0.1, -0.05) is 37.6 Å². The van der Waals surface area contributed by atoms with Gasteiger partial charge < -0.3 is 18.9 Å². The van der Waals surface area contributed by atoms with Gasteiger partial charge in [0.25, 0.3) is 0 Å². The summed E-state index contributed by atoms with van der Waals surface area (Å²) >= 11 is 0. The number of amides is 1. The molecule has 0 spiro atoms. The highest BCUT2D eigenvalue weighted by molar-refractivity contribution is 6.62. The average molecular weight is 403 g/mol. The van der Waals surface area contributed by atoms with Crippen molar-refractivity contribution in [2.75, 3.05) is 6.54 Å². The zero-order valence-corrected chi connectivity index (χ0v) is 19.7. The summed E-state index contributed by atoms with van der Waals surface area (Å²) in [6.07, 6.45) is 1.69. The Morgan fingerprint density at radius 1 is 1.10 bits per heavy atom. The predicted molar refractivity (Wildman–Crippen MR) is 118 cm³/mol. The van der Waals surface area contributed by atoms with Gasteiger partial charge in [0.1, 0.15) is 5.60 Å². The molecule has 0 bridgehead atoms. The zero-order chi connectivity index (χ0) is 22.0. The van der Waals surface area contributed by atoms with Crippen molar-refractivity contribution in [3.63, 3.8) is 0 Å². The summed E-state index contributed by atoms with van der Waals surface area (Å²) < 4.78 is 17.9. The van der Waals surface area contributed by atoms with Crippen LogP contribution in [0.2, 0.25) is 0 Å². The van der Waals surface area contributed by atoms with Crippen LogP contribution < -0.4 is 5.46 Å². The number of carbonyl (C=O) groups excluding carboxylic acids is 1. The van der Waals surface area contributed by atoms with Crippen molar-refractivity contribution in [3.8, 4) is 0 Å². The first kappa shape index (κ1) is 23.8. The molecular formula is C23H38BNO4. The fourth-order valence-corrected chi connectivity index (χ4v) is 3.18. The highest BCUT2D eigenvalue weighted by Crippen LogP contribution is 2.36. The molecule has 1 amide bonds. The lowest BCUT2D eigenvalue weighted by Gasteiger charge is -2.32. The third-order valence-electron chi connectivity index (χ3n) is 5.79. The topological polar surface area (TPSA) is 48.0 Å². The molecule has 29 heavy (non-hydrogen) atoms. The second-order valence-electron chi connectivity index (χ2n) is 9.96. The van der Waals surface area contributed by atoms with E-state index in [2.05, 4.69) is 34.6 Å². The minimum Gasteiger partial charge on any atom is -0.444 e. The number of unbranched alkanes of at least 4 members (excludes halogenated alkanes) is 1. The maximum atomic E-state index is 12.8. The number of benzene rings is 1. The Labute approximate surface area is 177 Å². The third-order valence-corrected chi connectivity index (χ3v) is 5.79. The van der Waals surface area contributed by atoms with Crippen molar-refractivity contribution in [2.24, 2.45) is 0 Å². The molecule has 0 radical (unpaired) electrons. The Balaban J connectivity index is 2.16. The van der Waals surface area contributed by atoms with Crippen LogP contribution in [-0.4, -0.2) is 41.5 Å². The van der Waals surface area contributed by atoms with Gasteiger partial charge in [0.15, 0.2) is 0 Å². The molecule has 5 nitrogen and oxygen atoms in total. The molecule has 0 aromatic heterocycles. The molecule has 1 saturated heterocycles. The van der Waals surface area contributed by atoms with Crippen LogP contribution in [-0.2, 0) is 14.0 Å². The summed E-state index contributed by atoms with van der Waals surface area (Å²) in [6, 6.07) is 8.08. The first-order chi connectivity index (χ1) is 13.3. The molecule has 1 aliphatic rings. The predicted octanol–water partition coefficient (Wildman–Crippen LogP) is 5.08. The Morgan fingerprint density at radius 3 is 2.07 bits per heavy atom. The maximum Gasteiger partial charge on any atom is 0.494 e. The summed E-state index contributed by atoms with van der Waals surface area (Å²) in [5.41, 5.74) is 0.806. The molecule has 0 saturated carbocycles. The molecule has 1 aliphatic heterocycles. The van der Waals surface area contributed by atoms with Gasteiger partial charge in [0.2, 0.25) is 0 Å². The molecule has 1 fully saturated rings. The van der Waals surface area contributed by atoms with Gasteiger partial charge in [-0.3, -0.25) is 0 Å². The number of rotatable bonds is 6. The summed E-state index contributed by atoms with van der Waals surface area (Å²) in [5, 5.41) is 0. The summed E-state index contributed by atoms with van der Waals surface area (Å²) in [7, 11) is -0.383. The van der Waals surface area contributed by atoms with Crippen molar-refractivity contribution < 1.29 is 18.8 Å². The number of hydrogen-bond donors (Lipinski definition) is 0. The Morgan fingerprint density at radius 2 is 1.62 bits per heavy atom. The molecule has 0 unspecified atom stereocenters. The van der Waals surface area contributed by atoms with Gasteiger partial charge in [0, 0.05) is 6.54 Å². The van der Waals surface area contributed by atoms with Gasteiger partial charge >= 0.3 is 13.2 Å². The monoisotopic (exact) mass is 403 g/mol. The third kappa shape index (κ3) is 5.76. The van der Waals surface area contributed by atoms with Gasteiger partial charge in [-0.2, -0.15) is 0 Å². The molecule has 2 rings (SSSR count). The second kappa shape index (κ2) is 8.69. The van der Waals surface area contributed by atoms with Crippen molar-refractivity contribution in [3.05, 3.63) is 29.8 Å². The van der Waals surface area contributed by atoms with Crippen molar-refractivity contribution in [1.29, 1.82) is 0 Å². The fourth-order valence-electron chi connectivity index (χ4n) is 3.18. The number of ether oxygens (including phenoxy) is 1. The van der Waals surface area contributed by atoms with E-state index in [1.807, 2.05) is 56.9 Å². The lowest BCUT2D eigenvalue weighted by atomic mass is 9.78. The van der Waals surface area contributed by atoms with E-state index in [4.69, 9.17) is 14.0 Å². The van der Waals surface area contributed by atoms with Crippen molar-refractivity contribution in [2.45, 2.75) is 98.0 Å². The molecule has 162 valence electrons. The smallest absolute Gasteiger partial charge is 0.444 e. The minimum absolute atomic E-state index is 0.0799. The quantitative estimate of drug-likeness (QED) is 0.622. The van der Waals surface area contributed by atoms with Crippen LogP contribution in [0.4, 0.5) is 4.79 Å². The molecule has 1 aromatic carbocycles. The SMILES string of the molecule is CCCCN(C(=O)OC(C)(C)C)[C@@H](C)c1ccc(B2OC(C)(C)C(C)(C)O2)cc1. The first-order valence-electron chi connectivity index (χ1n) is 10.7. The van der Waals surface area contributed by atoms with Crippen molar-refractivity contribution >= 4 is 18.7 Å². The normalized spacial score (nSPS) is 19.1. The van der Waals surface area contributed by atoms with Gasteiger partial charge in [0.05, 0.1) is 17.2 Å². The summed E-state index contributed by atoms with van der Waals surface area (Å²) in [5.74, 6) is 0. The molecule has 1 aromatic rings. The Bertz CT molecular complexity index is 678. The lowest BCUT2D eigenvalue weighted by Crippen LogP contribution is -2.41. The maximum absolute atomic E-state index is 12.8. The molecule has 6 heteroatoms. The van der Waals surface area contributed by atoms with Crippen LogP contribution >= 0.6 is 0 Å². The van der Waals surface area contributed by atoms with Crippen molar-refractivity contribution in [1.82, 2.24) is 4.90 Å². The summed E-state index contributed by atoms with van der Waals surface area (Å²) in [6.45, 7) is 18.7. The minimum atomic E-state index is -0.512. The highest BCUT2D eigenvalue weighted by atomic mass is 16.7. The van der Waals surface area contributed by atoms with Gasteiger partial charge in [-0.05, 0) is 72.8 Å². The second-order valence-corrected chi connectivity index (χ2v) is 9.96. The molecule has 0 aliphatic carbocycles. The van der Waals surface area contributed by atoms with Crippen LogP contribution in [0.5, 0.6) is 0 Å². The molecule has 0 N–H and O–H groups in total. The van der Waals surface area contributed by atoms with E-state index in [1.165, 1.54) is 0 Å². The van der Waals surface area contributed by atoms with Gasteiger partial charge in [-0.25, -0.2) is 4.79 Å². The molecule has 1 heterocycles. The van der Waals surface area contributed by atoms with E-state index in [0.717, 1.165) is 23.9 Å². The van der Waals surface area contributed by atoms with Crippen LogP contribution in [0.15, 0.2) is 24.3 Å². The highest BCUT2D eigenvalue weighted by Gasteiger charge is 2.51. The van der Waals surface area contributed by atoms with Crippen LogP contribution in [0.3, 0.4) is 0 Å². The van der Waals surface area contributed by atoms with E-state index in [1.54, 1.807) is 0 Å².